The molecule has 0 spiro atoms. The van der Waals surface area contributed by atoms with Gasteiger partial charge in [-0.15, -0.1) is 0 Å². The molecule has 0 radical (unpaired) electrons. The number of rotatable bonds is 2. The number of amides is 2. The summed E-state index contributed by atoms with van der Waals surface area (Å²) in [6.45, 7) is 1.04. The minimum Gasteiger partial charge on any atom is -0.354 e. The number of anilines is 3. The van der Waals surface area contributed by atoms with Crippen LogP contribution in [0.3, 0.4) is 0 Å². The average molecular weight is 450 g/mol. The Bertz CT molecular complexity index is 1150. The van der Waals surface area contributed by atoms with Crippen LogP contribution in [0.2, 0.25) is 0 Å². The summed E-state index contributed by atoms with van der Waals surface area (Å²) in [6, 6.07) is 3.01. The Morgan fingerprint density at radius 3 is 2.74 bits per heavy atom. The van der Waals surface area contributed by atoms with Crippen molar-refractivity contribution in [2.24, 2.45) is 0 Å². The Kier molecular flexibility index (Phi) is 4.77. The van der Waals surface area contributed by atoms with Crippen molar-refractivity contribution in [1.29, 1.82) is 0 Å². The molecule has 0 aliphatic carbocycles. The van der Waals surface area contributed by atoms with Gasteiger partial charge in [0.15, 0.2) is 5.82 Å². The minimum atomic E-state index is -3.84. The number of nitrogens with one attached hydrogen (secondary N) is 1. The monoisotopic (exact) mass is 450 g/mol. The predicted molar refractivity (Wildman–Crippen MR) is 109 cm³/mol. The number of pyridine rings is 2. The molecule has 2 fully saturated rings. The number of aromatic nitrogens is 2. The van der Waals surface area contributed by atoms with E-state index in [-0.39, 0.29) is 36.0 Å². The highest BCUT2D eigenvalue weighted by Crippen LogP contribution is 2.38. The molecule has 12 heteroatoms. The lowest BCUT2D eigenvalue weighted by molar-refractivity contribution is 0.254. The maximum absolute atomic E-state index is 13.7. The largest absolute Gasteiger partial charge is 0.354 e. The highest BCUT2D eigenvalue weighted by molar-refractivity contribution is 7.89. The Hall–Kier alpha value is -2.86. The summed E-state index contributed by atoms with van der Waals surface area (Å²) in [5.41, 5.74) is 0.143. The van der Waals surface area contributed by atoms with Gasteiger partial charge in [-0.2, -0.15) is 4.31 Å². The fourth-order valence-corrected chi connectivity index (χ4v) is 5.89. The van der Waals surface area contributed by atoms with E-state index < -0.39 is 34.1 Å². The van der Waals surface area contributed by atoms with Gasteiger partial charge in [-0.05, 0) is 25.0 Å². The number of fused-ring (bicyclic) bond motifs is 3. The van der Waals surface area contributed by atoms with Crippen LogP contribution in [-0.4, -0.2) is 67.1 Å². The van der Waals surface area contributed by atoms with Crippen molar-refractivity contribution >= 4 is 33.4 Å². The van der Waals surface area contributed by atoms with Gasteiger partial charge in [0.25, 0.3) is 0 Å². The lowest BCUT2D eigenvalue weighted by atomic mass is 10.2. The van der Waals surface area contributed by atoms with Crippen molar-refractivity contribution < 1.29 is 22.0 Å². The third-order valence-corrected chi connectivity index (χ3v) is 7.68. The Morgan fingerprint density at radius 1 is 1.16 bits per heavy atom. The van der Waals surface area contributed by atoms with Crippen LogP contribution in [0.1, 0.15) is 12.8 Å². The van der Waals surface area contributed by atoms with Gasteiger partial charge in [-0.3, -0.25) is 9.88 Å². The van der Waals surface area contributed by atoms with Crippen molar-refractivity contribution in [3.05, 3.63) is 36.4 Å². The molecule has 0 aromatic carbocycles. The van der Waals surface area contributed by atoms with Gasteiger partial charge < -0.3 is 10.2 Å². The van der Waals surface area contributed by atoms with Crippen molar-refractivity contribution in [3.8, 4) is 0 Å². The molecule has 2 aromatic heterocycles. The summed E-state index contributed by atoms with van der Waals surface area (Å²) in [5, 5.41) is 2.58. The SMILES string of the molecule is O=C(Nc1cncc(F)c1)N1c2nc(N3CC[C@H](F)C3)ccc2S(=O)(=O)N2CC[C@H]1C2. The minimum absolute atomic E-state index is 0.00568. The van der Waals surface area contributed by atoms with Crippen LogP contribution >= 0.6 is 0 Å². The van der Waals surface area contributed by atoms with E-state index in [1.807, 2.05) is 0 Å². The molecule has 1 unspecified atom stereocenters. The lowest BCUT2D eigenvalue weighted by Gasteiger charge is -2.29. The maximum atomic E-state index is 13.7. The molecule has 2 amide bonds. The zero-order valence-corrected chi connectivity index (χ0v) is 17.2. The fourth-order valence-electron chi connectivity index (χ4n) is 4.28. The van der Waals surface area contributed by atoms with Crippen molar-refractivity contribution in [2.45, 2.75) is 30.0 Å². The van der Waals surface area contributed by atoms with E-state index in [4.69, 9.17) is 0 Å². The standard InChI is InChI=1S/C19H20F2N6O3S/c20-12-3-5-25(10-12)17-2-1-16-18(24-17)27(15-4-6-26(11-15)31(16,29)30)19(28)23-14-7-13(21)8-22-9-14/h1-2,7-9,12,15H,3-6,10-11H2,(H,23,28)/t12-,15-/m0/s1. The molecule has 1 N–H and O–H groups in total. The van der Waals surface area contributed by atoms with Crippen molar-refractivity contribution in [3.63, 3.8) is 0 Å². The normalized spacial score (nSPS) is 26.5. The summed E-state index contributed by atoms with van der Waals surface area (Å²) in [5.74, 6) is -0.208. The van der Waals surface area contributed by atoms with E-state index in [9.17, 15) is 22.0 Å². The van der Waals surface area contributed by atoms with Crippen molar-refractivity contribution in [2.75, 3.05) is 41.3 Å². The first-order valence-corrected chi connectivity index (χ1v) is 11.4. The van der Waals surface area contributed by atoms with Crippen LogP contribution in [0.4, 0.5) is 30.9 Å². The molecule has 2 bridgehead atoms. The summed E-state index contributed by atoms with van der Waals surface area (Å²) in [6.07, 6.45) is 2.14. The quantitative estimate of drug-likeness (QED) is 0.751. The Labute approximate surface area is 177 Å². The van der Waals surface area contributed by atoms with Gasteiger partial charge in [0.1, 0.15) is 22.7 Å². The number of sulfonamides is 1. The van der Waals surface area contributed by atoms with E-state index >= 15 is 0 Å². The molecule has 9 nitrogen and oxygen atoms in total. The summed E-state index contributed by atoms with van der Waals surface area (Å²) < 4.78 is 54.8. The zero-order valence-electron chi connectivity index (χ0n) is 16.4. The summed E-state index contributed by atoms with van der Waals surface area (Å²) in [7, 11) is -3.84. The number of hydrogen-bond acceptors (Lipinski definition) is 6. The Morgan fingerprint density at radius 2 is 2.00 bits per heavy atom. The molecular weight excluding hydrogens is 430 g/mol. The van der Waals surface area contributed by atoms with E-state index in [1.54, 1.807) is 11.0 Å². The van der Waals surface area contributed by atoms with Gasteiger partial charge >= 0.3 is 6.03 Å². The fraction of sp³-hybridized carbons (Fsp3) is 0.421. The molecule has 3 aliphatic heterocycles. The van der Waals surface area contributed by atoms with Crippen LogP contribution in [0.15, 0.2) is 35.5 Å². The third-order valence-electron chi connectivity index (χ3n) is 5.79. The maximum Gasteiger partial charge on any atom is 0.327 e. The number of nitrogens with zero attached hydrogens (tertiary/aromatic N) is 5. The van der Waals surface area contributed by atoms with Gasteiger partial charge in [0.05, 0.1) is 30.7 Å². The van der Waals surface area contributed by atoms with Crippen LogP contribution in [-0.2, 0) is 10.0 Å². The van der Waals surface area contributed by atoms with Crippen LogP contribution < -0.4 is 15.1 Å². The number of carbonyl (C=O) groups is 1. The first-order valence-electron chi connectivity index (χ1n) is 9.94. The van der Waals surface area contributed by atoms with Crippen LogP contribution in [0.25, 0.3) is 0 Å². The molecular formula is C19H20F2N6O3S. The Balaban J connectivity index is 1.58. The smallest absolute Gasteiger partial charge is 0.327 e. The highest BCUT2D eigenvalue weighted by Gasteiger charge is 2.45. The van der Waals surface area contributed by atoms with E-state index in [0.29, 0.717) is 25.2 Å². The molecule has 2 saturated heterocycles. The van der Waals surface area contributed by atoms with Gasteiger partial charge in [0, 0.05) is 25.7 Å². The zero-order chi connectivity index (χ0) is 21.8. The van der Waals surface area contributed by atoms with E-state index in [2.05, 4.69) is 15.3 Å². The molecule has 164 valence electrons. The number of halogens is 2. The molecule has 2 aromatic rings. The number of urea groups is 1. The van der Waals surface area contributed by atoms with Gasteiger partial charge in [-0.1, -0.05) is 0 Å². The second-order valence-corrected chi connectivity index (χ2v) is 9.73. The van der Waals surface area contributed by atoms with E-state index in [1.165, 1.54) is 21.5 Å². The number of alkyl halides is 1. The first kappa shape index (κ1) is 20.1. The number of carbonyl (C=O) groups excluding carboxylic acids is 1. The van der Waals surface area contributed by atoms with E-state index in [0.717, 1.165) is 12.3 Å². The third kappa shape index (κ3) is 3.49. The number of hydrogen-bond donors (Lipinski definition) is 1. The lowest BCUT2D eigenvalue weighted by Crippen LogP contribution is -2.44. The molecule has 0 saturated carbocycles. The molecule has 31 heavy (non-hydrogen) atoms. The van der Waals surface area contributed by atoms with Gasteiger partial charge in [-0.25, -0.2) is 27.0 Å². The molecule has 3 aliphatic rings. The second-order valence-electron chi connectivity index (χ2n) is 7.82. The molecule has 5 rings (SSSR count). The summed E-state index contributed by atoms with van der Waals surface area (Å²) >= 11 is 0. The molecule has 3 atom stereocenters. The molecule has 5 heterocycles. The van der Waals surface area contributed by atoms with Crippen LogP contribution in [0.5, 0.6) is 0 Å². The van der Waals surface area contributed by atoms with Crippen LogP contribution in [0, 0.1) is 5.82 Å². The topological polar surface area (TPSA) is 98.7 Å². The highest BCUT2D eigenvalue weighted by atomic mass is 32.2. The second kappa shape index (κ2) is 7.38. The average Bonchev–Trinajstić information content (AvgIpc) is 3.36. The predicted octanol–water partition coefficient (Wildman–Crippen LogP) is 1.98. The van der Waals surface area contributed by atoms with Gasteiger partial charge in [0.2, 0.25) is 10.0 Å². The first-order chi connectivity index (χ1) is 14.8. The summed E-state index contributed by atoms with van der Waals surface area (Å²) in [4.78, 5) is 24.4. The van der Waals surface area contributed by atoms with Crippen molar-refractivity contribution in [1.82, 2.24) is 14.3 Å².